The van der Waals surface area contributed by atoms with E-state index in [-0.39, 0.29) is 54.4 Å². The molecule has 3 aromatic rings. The fourth-order valence-electron chi connectivity index (χ4n) is 6.53. The first-order valence-corrected chi connectivity index (χ1v) is 16.3. The number of carbonyl (C=O) groups excluding carboxylic acids is 2. The van der Waals surface area contributed by atoms with Crippen molar-refractivity contribution >= 4 is 27.7 Å². The van der Waals surface area contributed by atoms with Gasteiger partial charge in [0.25, 0.3) is 11.8 Å². The van der Waals surface area contributed by atoms with E-state index in [0.717, 1.165) is 30.5 Å². The average Bonchev–Trinajstić information content (AvgIpc) is 3.47. The number of piperidine rings is 1. The topological polar surface area (TPSA) is 83.8 Å². The molecule has 2 fully saturated rings. The number of benzene rings is 2. The maximum atomic E-state index is 13.7. The number of likely N-dealkylation sites (tertiary alicyclic amines) is 1. The van der Waals surface area contributed by atoms with Crippen molar-refractivity contribution in [2.75, 3.05) is 19.7 Å². The van der Waals surface area contributed by atoms with E-state index >= 15 is 0 Å². The third-order valence-electron chi connectivity index (χ3n) is 9.06. The first kappa shape index (κ1) is 32.1. The molecule has 2 amide bonds. The summed E-state index contributed by atoms with van der Waals surface area (Å²) in [5, 5.41) is 8.74. The lowest BCUT2D eigenvalue weighted by Crippen LogP contribution is -2.57. The normalized spacial score (nSPS) is 23.4. The quantitative estimate of drug-likeness (QED) is 0.307. The van der Waals surface area contributed by atoms with Crippen molar-refractivity contribution in [2.24, 2.45) is 0 Å². The summed E-state index contributed by atoms with van der Waals surface area (Å²) in [6.45, 7) is 12.2. The lowest BCUT2D eigenvalue weighted by atomic mass is 9.97. The molecule has 1 aromatic heterocycles. The summed E-state index contributed by atoms with van der Waals surface area (Å²) in [6.07, 6.45) is 5.13. The molecule has 2 aliphatic rings. The lowest BCUT2D eigenvalue weighted by Gasteiger charge is -2.44. The third-order valence-corrected chi connectivity index (χ3v) is 9.67. The highest BCUT2D eigenvalue weighted by atomic mass is 79.9. The number of nitrogens with zero attached hydrogens (tertiary/aromatic N) is 6. The van der Waals surface area contributed by atoms with E-state index < -0.39 is 0 Å². The highest BCUT2D eigenvalue weighted by Crippen LogP contribution is 2.26. The summed E-state index contributed by atoms with van der Waals surface area (Å²) in [5.74, 6) is 0.261. The van der Waals surface area contributed by atoms with Gasteiger partial charge in [-0.15, -0.1) is 5.10 Å². The van der Waals surface area contributed by atoms with Crippen molar-refractivity contribution in [3.8, 4) is 5.75 Å². The van der Waals surface area contributed by atoms with Crippen molar-refractivity contribution in [2.45, 2.75) is 90.6 Å². The average molecular weight is 670 g/mol. The number of halogens is 2. The second-order valence-electron chi connectivity index (χ2n) is 12.4. The van der Waals surface area contributed by atoms with Crippen LogP contribution in [-0.4, -0.2) is 85.4 Å². The van der Waals surface area contributed by atoms with Gasteiger partial charge in [-0.25, -0.2) is 9.07 Å². The van der Waals surface area contributed by atoms with Crippen molar-refractivity contribution < 1.29 is 18.7 Å². The minimum atomic E-state index is -0.299. The second kappa shape index (κ2) is 13.8. The second-order valence-corrected chi connectivity index (χ2v) is 13.2. The van der Waals surface area contributed by atoms with Gasteiger partial charge in [0.2, 0.25) is 0 Å². The zero-order chi connectivity index (χ0) is 31.5. The zero-order valence-corrected chi connectivity index (χ0v) is 27.7. The van der Waals surface area contributed by atoms with Crippen LogP contribution in [0, 0.1) is 5.82 Å². The predicted molar refractivity (Wildman–Crippen MR) is 170 cm³/mol. The van der Waals surface area contributed by atoms with Gasteiger partial charge < -0.3 is 14.5 Å². The van der Waals surface area contributed by atoms with Crippen molar-refractivity contribution in [1.29, 1.82) is 0 Å². The Labute approximate surface area is 267 Å². The molecule has 11 heteroatoms. The molecule has 0 bridgehead atoms. The zero-order valence-electron chi connectivity index (χ0n) is 26.1. The number of ether oxygens (including phenoxy) is 1. The number of amides is 2. The molecule has 5 atom stereocenters. The molecule has 5 rings (SSSR count). The van der Waals surface area contributed by atoms with Crippen LogP contribution in [0.2, 0.25) is 0 Å². The molecule has 236 valence electrons. The Kier molecular flexibility index (Phi) is 10.0. The molecule has 3 heterocycles. The number of aromatic nitrogens is 3. The fourth-order valence-corrected chi connectivity index (χ4v) is 6.93. The van der Waals surface area contributed by atoms with E-state index in [1.807, 2.05) is 22.9 Å². The molecular formula is C33H42BrFN6O3. The van der Waals surface area contributed by atoms with Crippen LogP contribution in [-0.2, 0) is 11.3 Å². The van der Waals surface area contributed by atoms with Crippen molar-refractivity contribution in [3.05, 3.63) is 75.8 Å². The summed E-state index contributed by atoms with van der Waals surface area (Å²) in [4.78, 5) is 32.4. The molecule has 0 radical (unpaired) electrons. The standard InChI is InChI=1S/C33H42BrFN6O3/c1-21-7-6-8-22(2)41(21)32(42)20-44-29-12-9-26(10-13-29)33(43)38-16-23(3)39(24(4)17-38)18-28-19-40(37-36-28)25(5)27-11-14-31(35)30(34)15-27/h9-15,19,21-25H,6-8,16-18,20H2,1-5H3/t21?,22?,23-,24+,25-/m1/s1. The van der Waals surface area contributed by atoms with E-state index in [1.165, 1.54) is 6.07 Å². The third kappa shape index (κ3) is 7.15. The Bertz CT molecular complexity index is 1440. The van der Waals surface area contributed by atoms with Crippen LogP contribution in [0.15, 0.2) is 53.1 Å². The molecular weight excluding hydrogens is 627 g/mol. The molecule has 0 spiro atoms. The van der Waals surface area contributed by atoms with Gasteiger partial charge in [-0.2, -0.15) is 0 Å². The minimum absolute atomic E-state index is 0.00360. The highest BCUT2D eigenvalue weighted by molar-refractivity contribution is 9.10. The van der Waals surface area contributed by atoms with Crippen LogP contribution in [0.3, 0.4) is 0 Å². The van der Waals surface area contributed by atoms with E-state index in [0.29, 0.717) is 35.4 Å². The Balaban J connectivity index is 1.14. The van der Waals surface area contributed by atoms with Crippen LogP contribution in [0.1, 0.15) is 81.5 Å². The molecule has 2 unspecified atom stereocenters. The summed E-state index contributed by atoms with van der Waals surface area (Å²) < 4.78 is 21.7. The lowest BCUT2D eigenvalue weighted by molar-refractivity contribution is -0.139. The molecule has 2 aliphatic heterocycles. The molecule has 2 saturated heterocycles. The first-order valence-electron chi connectivity index (χ1n) is 15.5. The van der Waals surface area contributed by atoms with Crippen molar-refractivity contribution in [1.82, 2.24) is 29.7 Å². The molecule has 2 aromatic carbocycles. The van der Waals surface area contributed by atoms with Crippen molar-refractivity contribution in [3.63, 3.8) is 0 Å². The van der Waals surface area contributed by atoms with Gasteiger partial charge in [-0.3, -0.25) is 14.5 Å². The van der Waals surface area contributed by atoms with E-state index in [2.05, 4.69) is 58.8 Å². The van der Waals surface area contributed by atoms with Crippen LogP contribution in [0.4, 0.5) is 4.39 Å². The summed E-state index contributed by atoms with van der Waals surface area (Å²) >= 11 is 3.26. The van der Waals surface area contributed by atoms with Gasteiger partial charge in [0.05, 0.1) is 22.4 Å². The Morgan fingerprint density at radius 2 is 1.66 bits per heavy atom. The molecule has 0 N–H and O–H groups in total. The van der Waals surface area contributed by atoms with Gasteiger partial charge in [-0.1, -0.05) is 11.3 Å². The predicted octanol–water partition coefficient (Wildman–Crippen LogP) is 5.69. The summed E-state index contributed by atoms with van der Waals surface area (Å²) in [6, 6.07) is 12.6. The Morgan fingerprint density at radius 1 is 1.00 bits per heavy atom. The van der Waals surface area contributed by atoms with E-state index in [1.54, 1.807) is 41.1 Å². The number of rotatable bonds is 8. The monoisotopic (exact) mass is 668 g/mol. The maximum Gasteiger partial charge on any atom is 0.260 e. The van der Waals surface area contributed by atoms with Gasteiger partial charge in [0.1, 0.15) is 11.6 Å². The van der Waals surface area contributed by atoms with Crippen LogP contribution < -0.4 is 4.74 Å². The molecule has 0 saturated carbocycles. The summed E-state index contributed by atoms with van der Waals surface area (Å²) in [5.41, 5.74) is 2.37. The van der Waals surface area contributed by atoms with E-state index in [9.17, 15) is 14.0 Å². The Hall–Kier alpha value is -3.31. The SMILES string of the molecule is CC1CCCC(C)N1C(=O)COc1ccc(C(=O)N2C[C@@H](C)N(Cc3cn([C@H](C)c4ccc(F)c(Br)c4)nn3)[C@@H](C)C2)cc1. The van der Waals surface area contributed by atoms with Crippen LogP contribution in [0.25, 0.3) is 0 Å². The number of hydrogen-bond acceptors (Lipinski definition) is 6. The molecule has 44 heavy (non-hydrogen) atoms. The number of carbonyl (C=O) groups is 2. The van der Waals surface area contributed by atoms with Crippen LogP contribution >= 0.6 is 15.9 Å². The van der Waals surface area contributed by atoms with Gasteiger partial charge in [0, 0.05) is 49.4 Å². The molecule has 9 nitrogen and oxygen atoms in total. The van der Waals surface area contributed by atoms with Gasteiger partial charge in [-0.05, 0) is 112 Å². The Morgan fingerprint density at radius 3 is 2.30 bits per heavy atom. The maximum absolute atomic E-state index is 13.7. The number of piperazine rings is 1. The smallest absolute Gasteiger partial charge is 0.260 e. The number of hydrogen-bond donors (Lipinski definition) is 0. The first-order chi connectivity index (χ1) is 21.0. The molecule has 0 aliphatic carbocycles. The van der Waals surface area contributed by atoms with E-state index in [4.69, 9.17) is 4.74 Å². The van der Waals surface area contributed by atoms with Gasteiger partial charge in [0.15, 0.2) is 6.61 Å². The van der Waals surface area contributed by atoms with Gasteiger partial charge >= 0.3 is 0 Å². The highest BCUT2D eigenvalue weighted by Gasteiger charge is 2.33. The largest absolute Gasteiger partial charge is 0.484 e. The fraction of sp³-hybridized carbons (Fsp3) is 0.515. The van der Waals surface area contributed by atoms with Crippen LogP contribution in [0.5, 0.6) is 5.75 Å². The minimum Gasteiger partial charge on any atom is -0.484 e. The summed E-state index contributed by atoms with van der Waals surface area (Å²) in [7, 11) is 0.